The molecule has 0 spiro atoms. The third kappa shape index (κ3) is 3.54. The van der Waals surface area contributed by atoms with Gasteiger partial charge < -0.3 is 5.32 Å². The summed E-state index contributed by atoms with van der Waals surface area (Å²) in [6.07, 6.45) is 0.966. The van der Waals surface area contributed by atoms with E-state index in [-0.39, 0.29) is 11.4 Å². The minimum atomic E-state index is -0.673. The van der Waals surface area contributed by atoms with Crippen LogP contribution in [0.4, 0.5) is 15.8 Å². The Bertz CT molecular complexity index is 801. The second-order valence-corrected chi connectivity index (χ2v) is 4.64. The van der Waals surface area contributed by atoms with E-state index in [0.717, 1.165) is 22.9 Å². The molecule has 22 heavy (non-hydrogen) atoms. The highest BCUT2D eigenvalue weighted by Gasteiger charge is 2.12. The summed E-state index contributed by atoms with van der Waals surface area (Å²) in [7, 11) is 0. The number of benzene rings is 1. The number of hydrogen-bond donors (Lipinski definition) is 1. The first kappa shape index (κ1) is 15.4. The first-order valence-electron chi connectivity index (χ1n) is 6.27. The summed E-state index contributed by atoms with van der Waals surface area (Å²) in [6.45, 7) is 1.26. The molecule has 0 saturated heterocycles. The first-order chi connectivity index (χ1) is 10.4. The van der Waals surface area contributed by atoms with E-state index in [2.05, 4.69) is 5.32 Å². The van der Waals surface area contributed by atoms with E-state index in [1.165, 1.54) is 12.1 Å². The molecule has 0 aliphatic heterocycles. The minimum absolute atomic E-state index is 0.0194. The molecular formula is C14H12FN3O4. The summed E-state index contributed by atoms with van der Waals surface area (Å²) >= 11 is 0. The number of carbonyl (C=O) groups excluding carboxylic acids is 1. The molecule has 1 amide bonds. The van der Waals surface area contributed by atoms with Crippen LogP contribution in [0.25, 0.3) is 0 Å². The van der Waals surface area contributed by atoms with Gasteiger partial charge in [0.25, 0.3) is 11.2 Å². The van der Waals surface area contributed by atoms with Crippen LogP contribution in [0.15, 0.2) is 41.3 Å². The van der Waals surface area contributed by atoms with E-state index in [1.807, 2.05) is 0 Å². The van der Waals surface area contributed by atoms with Crippen molar-refractivity contribution in [1.29, 1.82) is 0 Å². The number of rotatable bonds is 4. The number of nitrogens with one attached hydrogen (secondary N) is 1. The SMILES string of the molecule is Cc1ccc(NC(=O)Cn2cc([N+](=O)[O-])ccc2=O)c(F)c1. The van der Waals surface area contributed by atoms with Gasteiger partial charge in [-0.15, -0.1) is 0 Å². The molecular weight excluding hydrogens is 293 g/mol. The van der Waals surface area contributed by atoms with Crippen molar-refractivity contribution in [1.82, 2.24) is 4.57 Å². The van der Waals surface area contributed by atoms with Crippen LogP contribution in [0.3, 0.4) is 0 Å². The molecule has 2 aromatic rings. The Hall–Kier alpha value is -3.03. The number of aryl methyl sites for hydroxylation is 1. The quantitative estimate of drug-likeness (QED) is 0.689. The summed E-state index contributed by atoms with van der Waals surface area (Å²) in [5, 5.41) is 13.0. The molecule has 0 radical (unpaired) electrons. The minimum Gasteiger partial charge on any atom is -0.322 e. The van der Waals surface area contributed by atoms with Crippen molar-refractivity contribution in [2.45, 2.75) is 13.5 Å². The number of halogens is 1. The first-order valence-corrected chi connectivity index (χ1v) is 6.27. The van der Waals surface area contributed by atoms with E-state index >= 15 is 0 Å². The standard InChI is InChI=1S/C14H12FN3O4/c1-9-2-4-12(11(15)6-9)16-13(19)8-17-7-10(18(21)22)3-5-14(17)20/h2-7H,8H2,1H3,(H,16,19). The van der Waals surface area contributed by atoms with Crippen LogP contribution in [0.5, 0.6) is 0 Å². The van der Waals surface area contributed by atoms with E-state index < -0.39 is 28.8 Å². The Balaban J connectivity index is 2.17. The lowest BCUT2D eigenvalue weighted by Gasteiger charge is -2.08. The van der Waals surface area contributed by atoms with Crippen molar-refractivity contribution in [2.75, 3.05) is 5.32 Å². The lowest BCUT2D eigenvalue weighted by molar-refractivity contribution is -0.385. The van der Waals surface area contributed by atoms with Gasteiger partial charge in [0, 0.05) is 12.1 Å². The number of hydrogen-bond acceptors (Lipinski definition) is 4. The predicted octanol–water partition coefficient (Wildman–Crippen LogP) is 1.84. The van der Waals surface area contributed by atoms with Crippen LogP contribution in [0, 0.1) is 22.9 Å². The molecule has 0 saturated carbocycles. The monoisotopic (exact) mass is 305 g/mol. The van der Waals surface area contributed by atoms with Gasteiger partial charge in [0.1, 0.15) is 12.4 Å². The van der Waals surface area contributed by atoms with E-state index in [0.29, 0.717) is 5.56 Å². The van der Waals surface area contributed by atoms with Crippen molar-refractivity contribution in [3.63, 3.8) is 0 Å². The van der Waals surface area contributed by atoms with Gasteiger partial charge in [0.15, 0.2) is 0 Å². The van der Waals surface area contributed by atoms with Gasteiger partial charge in [-0.2, -0.15) is 0 Å². The smallest absolute Gasteiger partial charge is 0.285 e. The van der Waals surface area contributed by atoms with Crippen LogP contribution in [0.1, 0.15) is 5.56 Å². The van der Waals surface area contributed by atoms with Gasteiger partial charge in [-0.25, -0.2) is 4.39 Å². The molecule has 0 aliphatic rings. The molecule has 0 atom stereocenters. The molecule has 8 heteroatoms. The molecule has 1 N–H and O–H groups in total. The normalized spacial score (nSPS) is 10.3. The average Bonchev–Trinajstić information content (AvgIpc) is 2.44. The van der Waals surface area contributed by atoms with E-state index in [1.54, 1.807) is 13.0 Å². The zero-order chi connectivity index (χ0) is 16.3. The Kier molecular flexibility index (Phi) is 4.31. The van der Waals surface area contributed by atoms with Gasteiger partial charge in [-0.05, 0) is 24.6 Å². The highest BCUT2D eigenvalue weighted by Crippen LogP contribution is 2.15. The number of amides is 1. The summed E-state index contributed by atoms with van der Waals surface area (Å²) in [4.78, 5) is 33.4. The molecule has 7 nitrogen and oxygen atoms in total. The van der Waals surface area contributed by atoms with Gasteiger partial charge in [0.2, 0.25) is 5.91 Å². The van der Waals surface area contributed by atoms with Crippen LogP contribution < -0.4 is 10.9 Å². The van der Waals surface area contributed by atoms with Crippen LogP contribution in [-0.4, -0.2) is 15.4 Å². The lowest BCUT2D eigenvalue weighted by Crippen LogP contribution is -2.27. The summed E-state index contributed by atoms with van der Waals surface area (Å²) in [5.74, 6) is -1.26. The van der Waals surface area contributed by atoms with Crippen molar-refractivity contribution < 1.29 is 14.1 Å². The predicted molar refractivity (Wildman–Crippen MR) is 77.1 cm³/mol. The Labute approximate surface area is 124 Å². The fourth-order valence-electron chi connectivity index (χ4n) is 1.82. The Morgan fingerprint density at radius 2 is 2.09 bits per heavy atom. The van der Waals surface area contributed by atoms with Gasteiger partial charge in [-0.3, -0.25) is 24.3 Å². The van der Waals surface area contributed by atoms with Crippen LogP contribution in [-0.2, 0) is 11.3 Å². The van der Waals surface area contributed by atoms with Crippen molar-refractivity contribution in [3.8, 4) is 0 Å². The van der Waals surface area contributed by atoms with Crippen LogP contribution in [0.2, 0.25) is 0 Å². The highest BCUT2D eigenvalue weighted by molar-refractivity contribution is 5.90. The zero-order valence-corrected chi connectivity index (χ0v) is 11.6. The topological polar surface area (TPSA) is 94.2 Å². The van der Waals surface area contributed by atoms with Gasteiger partial charge >= 0.3 is 0 Å². The maximum Gasteiger partial charge on any atom is 0.285 e. The molecule has 0 fully saturated rings. The molecule has 1 heterocycles. The number of nitro groups is 1. The van der Waals surface area contributed by atoms with Crippen molar-refractivity contribution in [2.24, 2.45) is 0 Å². The third-order valence-electron chi connectivity index (χ3n) is 2.89. The molecule has 0 aliphatic carbocycles. The van der Waals surface area contributed by atoms with Gasteiger partial charge in [-0.1, -0.05) is 6.07 Å². The molecule has 2 rings (SSSR count). The largest absolute Gasteiger partial charge is 0.322 e. The van der Waals surface area contributed by atoms with Crippen LogP contribution >= 0.6 is 0 Å². The fourth-order valence-corrected chi connectivity index (χ4v) is 1.82. The maximum atomic E-state index is 13.6. The van der Waals surface area contributed by atoms with Gasteiger partial charge in [0.05, 0.1) is 16.8 Å². The maximum absolute atomic E-state index is 13.6. The van der Waals surface area contributed by atoms with E-state index in [4.69, 9.17) is 0 Å². The second-order valence-electron chi connectivity index (χ2n) is 4.64. The zero-order valence-electron chi connectivity index (χ0n) is 11.6. The summed E-state index contributed by atoms with van der Waals surface area (Å²) in [5.41, 5.74) is -0.196. The highest BCUT2D eigenvalue weighted by atomic mass is 19.1. The number of aromatic nitrogens is 1. The average molecular weight is 305 g/mol. The molecule has 0 bridgehead atoms. The molecule has 0 unspecified atom stereocenters. The van der Waals surface area contributed by atoms with Crippen molar-refractivity contribution >= 4 is 17.3 Å². The lowest BCUT2D eigenvalue weighted by atomic mass is 10.2. The molecule has 114 valence electrons. The van der Waals surface area contributed by atoms with E-state index in [9.17, 15) is 24.1 Å². The molecule has 1 aromatic carbocycles. The number of pyridine rings is 1. The molecule has 1 aromatic heterocycles. The Morgan fingerprint density at radius 1 is 1.36 bits per heavy atom. The Morgan fingerprint density at radius 3 is 2.73 bits per heavy atom. The number of anilines is 1. The summed E-state index contributed by atoms with van der Waals surface area (Å²) < 4.78 is 14.5. The number of nitrogens with zero attached hydrogens (tertiary/aromatic N) is 2. The number of carbonyl (C=O) groups is 1. The second kappa shape index (κ2) is 6.17. The summed E-state index contributed by atoms with van der Waals surface area (Å²) in [6, 6.07) is 6.33. The fraction of sp³-hybridized carbons (Fsp3) is 0.143. The van der Waals surface area contributed by atoms with Crippen molar-refractivity contribution in [3.05, 3.63) is 68.4 Å². The third-order valence-corrected chi connectivity index (χ3v) is 2.89.